The van der Waals surface area contributed by atoms with E-state index in [0.29, 0.717) is 12.1 Å². The Morgan fingerprint density at radius 3 is 2.40 bits per heavy atom. The molecule has 152 valence electrons. The minimum Gasteiger partial charge on any atom is -0.338 e. The number of nitrogens with one attached hydrogen (secondary N) is 1. The molecule has 6 heteroatoms. The first-order valence-corrected chi connectivity index (χ1v) is 9.94. The number of carbonyl (C=O) groups is 1. The van der Waals surface area contributed by atoms with Crippen molar-refractivity contribution in [1.82, 2.24) is 24.6 Å². The molecule has 0 spiro atoms. The second-order valence-electron chi connectivity index (χ2n) is 7.50. The number of amides is 1. The van der Waals surface area contributed by atoms with Crippen molar-refractivity contribution in [2.75, 3.05) is 0 Å². The molecule has 0 aliphatic carbocycles. The third-order valence-electron chi connectivity index (χ3n) is 5.18. The van der Waals surface area contributed by atoms with Gasteiger partial charge in [-0.15, -0.1) is 0 Å². The Morgan fingerprint density at radius 1 is 1.07 bits per heavy atom. The summed E-state index contributed by atoms with van der Waals surface area (Å²) in [5.41, 5.74) is 4.82. The van der Waals surface area contributed by atoms with Crippen LogP contribution >= 0.6 is 0 Å². The molecule has 2 aromatic carbocycles. The summed E-state index contributed by atoms with van der Waals surface area (Å²) in [6.07, 6.45) is 3.62. The molecule has 0 aliphatic heterocycles. The van der Waals surface area contributed by atoms with E-state index in [1.165, 1.54) is 0 Å². The first kappa shape index (κ1) is 19.6. The van der Waals surface area contributed by atoms with Gasteiger partial charge >= 0.3 is 0 Å². The van der Waals surface area contributed by atoms with Crippen molar-refractivity contribution in [1.29, 1.82) is 0 Å². The molecule has 4 rings (SSSR count). The first-order valence-electron chi connectivity index (χ1n) is 9.94. The highest BCUT2D eigenvalue weighted by Gasteiger charge is 2.21. The SMILES string of the molecule is Cc1cc(C)n(Cc2ccc(C(=O)NC(c3ccccc3)c3nccn3C)cc2)n1. The van der Waals surface area contributed by atoms with Gasteiger partial charge in [-0.3, -0.25) is 9.48 Å². The molecular formula is C24H25N5O. The van der Waals surface area contributed by atoms with Crippen LogP contribution in [0.4, 0.5) is 0 Å². The molecule has 0 fully saturated rings. The van der Waals surface area contributed by atoms with Gasteiger partial charge in [-0.25, -0.2) is 4.98 Å². The van der Waals surface area contributed by atoms with Crippen molar-refractivity contribution in [2.24, 2.45) is 7.05 Å². The summed E-state index contributed by atoms with van der Waals surface area (Å²) in [6.45, 7) is 4.71. The molecular weight excluding hydrogens is 374 g/mol. The minimum absolute atomic E-state index is 0.135. The standard InChI is InChI=1S/C24H25N5O/c1-17-15-18(2)29(27-17)16-19-9-11-21(12-10-19)24(30)26-22(20-7-5-4-6-8-20)23-25-13-14-28(23)3/h4-15,22H,16H2,1-3H3,(H,26,30). The number of hydrogen-bond donors (Lipinski definition) is 1. The van der Waals surface area contributed by atoms with Gasteiger partial charge in [0.2, 0.25) is 0 Å². The van der Waals surface area contributed by atoms with Crippen LogP contribution in [0.5, 0.6) is 0 Å². The molecule has 1 atom stereocenters. The molecule has 6 nitrogen and oxygen atoms in total. The first-order chi connectivity index (χ1) is 14.5. The van der Waals surface area contributed by atoms with Crippen molar-refractivity contribution >= 4 is 5.91 Å². The van der Waals surface area contributed by atoms with Gasteiger partial charge in [-0.05, 0) is 43.2 Å². The predicted octanol–water partition coefficient (Wildman–Crippen LogP) is 3.80. The summed E-state index contributed by atoms with van der Waals surface area (Å²) in [7, 11) is 1.93. The van der Waals surface area contributed by atoms with Crippen LogP contribution in [-0.4, -0.2) is 25.2 Å². The van der Waals surface area contributed by atoms with Gasteiger partial charge in [-0.2, -0.15) is 5.10 Å². The second kappa shape index (κ2) is 8.37. The number of aryl methyl sites for hydroxylation is 3. The summed E-state index contributed by atoms with van der Waals surface area (Å²) in [5.74, 6) is 0.653. The fourth-order valence-corrected chi connectivity index (χ4v) is 3.58. The highest BCUT2D eigenvalue weighted by atomic mass is 16.1. The monoisotopic (exact) mass is 399 g/mol. The topological polar surface area (TPSA) is 64.7 Å². The van der Waals surface area contributed by atoms with Gasteiger partial charge < -0.3 is 9.88 Å². The molecule has 0 bridgehead atoms. The molecule has 4 aromatic rings. The van der Waals surface area contributed by atoms with Gasteiger partial charge in [0, 0.05) is 30.7 Å². The summed E-state index contributed by atoms with van der Waals surface area (Å²) in [5, 5.41) is 7.64. The summed E-state index contributed by atoms with van der Waals surface area (Å²) >= 11 is 0. The maximum atomic E-state index is 13.0. The van der Waals surface area contributed by atoms with Gasteiger partial charge in [0.15, 0.2) is 0 Å². The molecule has 2 heterocycles. The lowest BCUT2D eigenvalue weighted by atomic mass is 10.0. The van der Waals surface area contributed by atoms with E-state index in [1.54, 1.807) is 6.20 Å². The van der Waals surface area contributed by atoms with Crippen LogP contribution in [-0.2, 0) is 13.6 Å². The maximum Gasteiger partial charge on any atom is 0.252 e. The van der Waals surface area contributed by atoms with Crippen LogP contribution in [0.15, 0.2) is 73.1 Å². The molecule has 1 amide bonds. The Kier molecular flexibility index (Phi) is 5.48. The average Bonchev–Trinajstić information content (AvgIpc) is 3.31. The lowest BCUT2D eigenvalue weighted by molar-refractivity contribution is 0.0941. The Labute approximate surface area is 176 Å². The van der Waals surface area contributed by atoms with Crippen molar-refractivity contribution in [2.45, 2.75) is 26.4 Å². The zero-order chi connectivity index (χ0) is 21.1. The highest BCUT2D eigenvalue weighted by Crippen LogP contribution is 2.21. The summed E-state index contributed by atoms with van der Waals surface area (Å²) < 4.78 is 3.90. The highest BCUT2D eigenvalue weighted by molar-refractivity contribution is 5.94. The van der Waals surface area contributed by atoms with E-state index >= 15 is 0 Å². The Balaban J connectivity index is 1.53. The third-order valence-corrected chi connectivity index (χ3v) is 5.18. The molecule has 1 unspecified atom stereocenters. The van der Waals surface area contributed by atoms with Crippen LogP contribution in [0.3, 0.4) is 0 Å². The van der Waals surface area contributed by atoms with Crippen molar-refractivity contribution < 1.29 is 4.79 Å². The van der Waals surface area contributed by atoms with E-state index in [4.69, 9.17) is 0 Å². The van der Waals surface area contributed by atoms with Gasteiger partial charge in [-0.1, -0.05) is 42.5 Å². The minimum atomic E-state index is -0.326. The largest absolute Gasteiger partial charge is 0.338 e. The molecule has 0 radical (unpaired) electrons. The Morgan fingerprint density at radius 2 is 1.80 bits per heavy atom. The van der Waals surface area contributed by atoms with Crippen LogP contribution in [0.25, 0.3) is 0 Å². The normalized spacial score (nSPS) is 12.0. The Bertz CT molecular complexity index is 1140. The molecule has 0 saturated heterocycles. The van der Waals surface area contributed by atoms with Crippen molar-refractivity contribution in [3.63, 3.8) is 0 Å². The van der Waals surface area contributed by atoms with Gasteiger partial charge in [0.05, 0.1) is 12.2 Å². The number of nitrogens with zero attached hydrogens (tertiary/aromatic N) is 4. The lowest BCUT2D eigenvalue weighted by Crippen LogP contribution is -2.31. The lowest BCUT2D eigenvalue weighted by Gasteiger charge is -2.19. The molecule has 0 saturated carbocycles. The van der Waals surface area contributed by atoms with Crippen LogP contribution in [0.1, 0.15) is 44.7 Å². The van der Waals surface area contributed by atoms with Crippen LogP contribution in [0.2, 0.25) is 0 Å². The molecule has 30 heavy (non-hydrogen) atoms. The number of carbonyl (C=O) groups excluding carboxylic acids is 1. The van der Waals surface area contributed by atoms with E-state index in [1.807, 2.05) is 90.9 Å². The quantitative estimate of drug-likeness (QED) is 0.536. The zero-order valence-corrected chi connectivity index (χ0v) is 17.4. The summed E-state index contributed by atoms with van der Waals surface area (Å²) in [6, 6.07) is 19.3. The predicted molar refractivity (Wildman–Crippen MR) is 116 cm³/mol. The fraction of sp³-hybridized carbons (Fsp3) is 0.208. The van der Waals surface area contributed by atoms with E-state index in [0.717, 1.165) is 28.3 Å². The van der Waals surface area contributed by atoms with E-state index < -0.39 is 0 Å². The molecule has 2 aromatic heterocycles. The van der Waals surface area contributed by atoms with Gasteiger partial charge in [0.25, 0.3) is 5.91 Å². The van der Waals surface area contributed by atoms with E-state index in [-0.39, 0.29) is 11.9 Å². The number of rotatable bonds is 6. The Hall–Kier alpha value is -3.67. The van der Waals surface area contributed by atoms with Gasteiger partial charge in [0.1, 0.15) is 11.9 Å². The number of imidazole rings is 1. The number of aromatic nitrogens is 4. The van der Waals surface area contributed by atoms with Crippen LogP contribution < -0.4 is 5.32 Å². The second-order valence-corrected chi connectivity index (χ2v) is 7.50. The molecule has 0 aliphatic rings. The van der Waals surface area contributed by atoms with Crippen LogP contribution in [0, 0.1) is 13.8 Å². The third kappa shape index (κ3) is 4.17. The number of benzene rings is 2. The van der Waals surface area contributed by atoms with Crippen molar-refractivity contribution in [3.8, 4) is 0 Å². The average molecular weight is 399 g/mol. The fourth-order valence-electron chi connectivity index (χ4n) is 3.58. The van der Waals surface area contributed by atoms with Crippen molar-refractivity contribution in [3.05, 3.63) is 107 Å². The summed E-state index contributed by atoms with van der Waals surface area (Å²) in [4.78, 5) is 17.4. The molecule has 1 N–H and O–H groups in total. The van der Waals surface area contributed by atoms with E-state index in [2.05, 4.69) is 21.5 Å². The van der Waals surface area contributed by atoms with E-state index in [9.17, 15) is 4.79 Å². The maximum absolute atomic E-state index is 13.0. The number of hydrogen-bond acceptors (Lipinski definition) is 3. The zero-order valence-electron chi connectivity index (χ0n) is 17.4. The smallest absolute Gasteiger partial charge is 0.252 e.